The molecule has 0 spiro atoms. The first-order chi connectivity index (χ1) is 12.1. The molecule has 2 rings (SSSR count). The van der Waals surface area contributed by atoms with Gasteiger partial charge in [-0.05, 0) is 31.2 Å². The van der Waals surface area contributed by atoms with Gasteiger partial charge in [0, 0.05) is 12.2 Å². The maximum atomic E-state index is 12.3. The summed E-state index contributed by atoms with van der Waals surface area (Å²) >= 11 is 0. The molecule has 0 unspecified atom stereocenters. The van der Waals surface area contributed by atoms with E-state index in [9.17, 15) is 14.4 Å². The normalized spacial score (nSPS) is 10.4. The van der Waals surface area contributed by atoms with Gasteiger partial charge in [-0.25, -0.2) is 4.79 Å². The van der Waals surface area contributed by atoms with Crippen LogP contribution in [0.3, 0.4) is 0 Å². The minimum absolute atomic E-state index is 0.226. The van der Waals surface area contributed by atoms with Crippen molar-refractivity contribution < 1.29 is 23.5 Å². The molecule has 7 heteroatoms. The lowest BCUT2D eigenvalue weighted by atomic mass is 10.1. The molecule has 1 heterocycles. The van der Waals surface area contributed by atoms with Crippen molar-refractivity contribution in [1.29, 1.82) is 0 Å². The molecule has 0 atom stereocenters. The highest BCUT2D eigenvalue weighted by molar-refractivity contribution is 6.07. The molecular formula is C18H18N2O5. The van der Waals surface area contributed by atoms with Crippen LogP contribution in [0.1, 0.15) is 23.0 Å². The number of furan rings is 1. The lowest BCUT2D eigenvalue weighted by molar-refractivity contribution is -0.137. The molecule has 2 aromatic rings. The van der Waals surface area contributed by atoms with Crippen LogP contribution in [-0.4, -0.2) is 24.4 Å². The van der Waals surface area contributed by atoms with Crippen molar-refractivity contribution in [2.75, 3.05) is 11.9 Å². The predicted octanol–water partition coefficient (Wildman–Crippen LogP) is 2.27. The molecule has 130 valence electrons. The second-order valence-corrected chi connectivity index (χ2v) is 4.88. The lowest BCUT2D eigenvalue weighted by Gasteiger charge is -2.09. The van der Waals surface area contributed by atoms with Crippen molar-refractivity contribution in [3.05, 3.63) is 66.1 Å². The van der Waals surface area contributed by atoms with Gasteiger partial charge in [0.1, 0.15) is 5.76 Å². The molecule has 2 N–H and O–H groups in total. The van der Waals surface area contributed by atoms with Gasteiger partial charge >= 0.3 is 5.97 Å². The largest absolute Gasteiger partial charge is 0.467 e. The van der Waals surface area contributed by atoms with Crippen LogP contribution in [-0.2, 0) is 20.9 Å². The fourth-order valence-electron chi connectivity index (χ4n) is 1.97. The van der Waals surface area contributed by atoms with Crippen LogP contribution in [0.4, 0.5) is 5.69 Å². The number of para-hydroxylation sites is 1. The first-order valence-electron chi connectivity index (χ1n) is 7.65. The Labute approximate surface area is 144 Å². The Kier molecular flexibility index (Phi) is 6.53. The first-order valence-corrected chi connectivity index (χ1v) is 7.65. The summed E-state index contributed by atoms with van der Waals surface area (Å²) in [5, 5.41) is 5.27. The highest BCUT2D eigenvalue weighted by Crippen LogP contribution is 2.15. The SMILES string of the molecule is CCOC(=O)/C=C/C(=O)Nc1ccccc1C(=O)NCc1ccco1. The van der Waals surface area contributed by atoms with Crippen molar-refractivity contribution in [1.82, 2.24) is 5.32 Å². The van der Waals surface area contributed by atoms with Gasteiger partial charge in [0.05, 0.1) is 30.7 Å². The smallest absolute Gasteiger partial charge is 0.330 e. The molecule has 0 radical (unpaired) electrons. The number of hydrogen-bond acceptors (Lipinski definition) is 5. The molecule has 25 heavy (non-hydrogen) atoms. The van der Waals surface area contributed by atoms with E-state index in [0.717, 1.165) is 12.2 Å². The molecule has 0 aliphatic rings. The Bertz CT molecular complexity index is 766. The highest BCUT2D eigenvalue weighted by atomic mass is 16.5. The van der Waals surface area contributed by atoms with Gasteiger partial charge in [-0.2, -0.15) is 0 Å². The number of nitrogens with one attached hydrogen (secondary N) is 2. The van der Waals surface area contributed by atoms with Gasteiger partial charge in [0.15, 0.2) is 0 Å². The zero-order chi connectivity index (χ0) is 18.1. The summed E-state index contributed by atoms with van der Waals surface area (Å²) in [4.78, 5) is 35.4. The summed E-state index contributed by atoms with van der Waals surface area (Å²) in [6.07, 6.45) is 3.60. The van der Waals surface area contributed by atoms with Crippen LogP contribution < -0.4 is 10.6 Å². The van der Waals surface area contributed by atoms with Gasteiger partial charge in [-0.15, -0.1) is 0 Å². The van der Waals surface area contributed by atoms with Gasteiger partial charge < -0.3 is 19.8 Å². The third-order valence-electron chi connectivity index (χ3n) is 3.09. The van der Waals surface area contributed by atoms with E-state index in [1.165, 1.54) is 6.26 Å². The summed E-state index contributed by atoms with van der Waals surface area (Å²) in [5.41, 5.74) is 0.630. The van der Waals surface area contributed by atoms with E-state index < -0.39 is 11.9 Å². The zero-order valence-electron chi connectivity index (χ0n) is 13.7. The third-order valence-corrected chi connectivity index (χ3v) is 3.09. The second-order valence-electron chi connectivity index (χ2n) is 4.88. The van der Waals surface area contributed by atoms with E-state index in [1.807, 2.05) is 0 Å². The average molecular weight is 342 g/mol. The van der Waals surface area contributed by atoms with Crippen molar-refractivity contribution >= 4 is 23.5 Å². The molecule has 2 amide bonds. The van der Waals surface area contributed by atoms with Crippen molar-refractivity contribution in [2.24, 2.45) is 0 Å². The van der Waals surface area contributed by atoms with Gasteiger partial charge in [0.25, 0.3) is 5.91 Å². The zero-order valence-corrected chi connectivity index (χ0v) is 13.7. The van der Waals surface area contributed by atoms with E-state index in [1.54, 1.807) is 43.3 Å². The minimum atomic E-state index is -0.609. The Morgan fingerprint density at radius 1 is 1.12 bits per heavy atom. The Balaban J connectivity index is 2.00. The summed E-state index contributed by atoms with van der Waals surface area (Å²) in [5.74, 6) is -0.893. The number of rotatable bonds is 7. The van der Waals surface area contributed by atoms with Crippen molar-refractivity contribution in [2.45, 2.75) is 13.5 Å². The fraction of sp³-hybridized carbons (Fsp3) is 0.167. The van der Waals surface area contributed by atoms with E-state index in [4.69, 9.17) is 9.15 Å². The molecule has 0 saturated carbocycles. The number of esters is 1. The fourth-order valence-corrected chi connectivity index (χ4v) is 1.97. The summed E-state index contributed by atoms with van der Waals surface area (Å²) in [7, 11) is 0. The number of carbonyl (C=O) groups is 3. The quantitative estimate of drug-likeness (QED) is 0.594. The number of anilines is 1. The van der Waals surface area contributed by atoms with Crippen molar-refractivity contribution in [3.8, 4) is 0 Å². The van der Waals surface area contributed by atoms with Crippen LogP contribution in [0.2, 0.25) is 0 Å². The molecule has 0 bridgehead atoms. The molecule has 1 aromatic carbocycles. The van der Waals surface area contributed by atoms with Crippen LogP contribution in [0.15, 0.2) is 59.2 Å². The maximum absolute atomic E-state index is 12.3. The monoisotopic (exact) mass is 342 g/mol. The molecule has 7 nitrogen and oxygen atoms in total. The number of amides is 2. The topological polar surface area (TPSA) is 97.6 Å². The third kappa shape index (κ3) is 5.65. The average Bonchev–Trinajstić information content (AvgIpc) is 3.12. The van der Waals surface area contributed by atoms with Gasteiger partial charge in [0.2, 0.25) is 5.91 Å². The second kappa shape index (κ2) is 9.07. The summed E-state index contributed by atoms with van der Waals surface area (Å²) < 4.78 is 9.84. The summed E-state index contributed by atoms with van der Waals surface area (Å²) in [6, 6.07) is 10.0. The maximum Gasteiger partial charge on any atom is 0.330 e. The molecule has 0 saturated heterocycles. The Hall–Kier alpha value is -3.35. The van der Waals surface area contributed by atoms with Gasteiger partial charge in [-0.3, -0.25) is 9.59 Å². The standard InChI is InChI=1S/C18H18N2O5/c1-2-24-17(22)10-9-16(21)20-15-8-4-3-7-14(15)18(23)19-12-13-6-5-11-25-13/h3-11H,2,12H2,1H3,(H,19,23)(H,20,21)/b10-9+. The minimum Gasteiger partial charge on any atom is -0.467 e. The van der Waals surface area contributed by atoms with Crippen LogP contribution in [0, 0.1) is 0 Å². The van der Waals surface area contributed by atoms with Crippen LogP contribution in [0.25, 0.3) is 0 Å². The molecule has 0 fully saturated rings. The molecular weight excluding hydrogens is 324 g/mol. The van der Waals surface area contributed by atoms with Crippen LogP contribution >= 0.6 is 0 Å². The van der Waals surface area contributed by atoms with E-state index in [0.29, 0.717) is 17.0 Å². The van der Waals surface area contributed by atoms with E-state index in [2.05, 4.69) is 10.6 Å². The summed E-state index contributed by atoms with van der Waals surface area (Å²) in [6.45, 7) is 2.13. The predicted molar refractivity (Wildman–Crippen MR) is 90.7 cm³/mol. The Morgan fingerprint density at radius 2 is 1.92 bits per heavy atom. The van der Waals surface area contributed by atoms with E-state index >= 15 is 0 Å². The number of benzene rings is 1. The Morgan fingerprint density at radius 3 is 2.64 bits per heavy atom. The molecule has 0 aliphatic heterocycles. The van der Waals surface area contributed by atoms with Crippen molar-refractivity contribution in [3.63, 3.8) is 0 Å². The highest BCUT2D eigenvalue weighted by Gasteiger charge is 2.12. The number of carbonyl (C=O) groups excluding carboxylic acids is 3. The number of ether oxygens (including phenoxy) is 1. The first kappa shape index (κ1) is 18.0. The molecule has 1 aromatic heterocycles. The van der Waals surface area contributed by atoms with Crippen LogP contribution in [0.5, 0.6) is 0 Å². The number of hydrogen-bond donors (Lipinski definition) is 2. The van der Waals surface area contributed by atoms with Gasteiger partial charge in [-0.1, -0.05) is 12.1 Å². The lowest BCUT2D eigenvalue weighted by Crippen LogP contribution is -2.24. The molecule has 0 aliphatic carbocycles. The van der Waals surface area contributed by atoms with E-state index in [-0.39, 0.29) is 19.1 Å².